The number of rotatable bonds is 5. The van der Waals surface area contributed by atoms with Crippen LogP contribution in [-0.4, -0.2) is 52.2 Å². The maximum atomic E-state index is 14.0. The molecule has 1 fully saturated rings. The van der Waals surface area contributed by atoms with Gasteiger partial charge in [-0.2, -0.15) is 4.98 Å². The number of thioether (sulfide) groups is 1. The number of hydrogen-bond acceptors (Lipinski definition) is 7. The molecule has 1 amide bonds. The van der Waals surface area contributed by atoms with Crippen LogP contribution in [0.1, 0.15) is 52.5 Å². The molecule has 1 unspecified atom stereocenters. The third kappa shape index (κ3) is 5.94. The lowest BCUT2D eigenvalue weighted by Gasteiger charge is -2.34. The Morgan fingerprint density at radius 1 is 1.26 bits per heavy atom. The van der Waals surface area contributed by atoms with Crippen LogP contribution in [0.4, 0.5) is 13.6 Å². The highest BCUT2D eigenvalue weighted by Gasteiger charge is 2.29. The highest BCUT2D eigenvalue weighted by molar-refractivity contribution is 7.98. The minimum Gasteiger partial charge on any atom is -0.444 e. The Balaban J connectivity index is 1.58. The molecule has 1 aromatic carbocycles. The number of carbonyl (C=O) groups excluding carboxylic acids is 1. The van der Waals surface area contributed by atoms with Gasteiger partial charge in [-0.3, -0.25) is 0 Å². The van der Waals surface area contributed by atoms with E-state index in [4.69, 9.17) is 14.0 Å². The Hall–Kier alpha value is -2.20. The van der Waals surface area contributed by atoms with Gasteiger partial charge >= 0.3 is 6.09 Å². The molecule has 1 aliphatic heterocycles. The van der Waals surface area contributed by atoms with Gasteiger partial charge in [0.15, 0.2) is 0 Å². The molecule has 3 rings (SSSR count). The second-order valence-corrected chi connectivity index (χ2v) is 9.19. The van der Waals surface area contributed by atoms with Crippen molar-refractivity contribution in [2.24, 2.45) is 0 Å². The second kappa shape index (κ2) is 9.52. The molecule has 0 bridgehead atoms. The van der Waals surface area contributed by atoms with Crippen LogP contribution in [0.3, 0.4) is 0 Å². The topological polar surface area (TPSA) is 77.7 Å². The zero-order valence-electron chi connectivity index (χ0n) is 18.3. The number of carbonyl (C=O) groups is 1. The summed E-state index contributed by atoms with van der Waals surface area (Å²) in [6.07, 6.45) is 1.99. The third-order valence-electron chi connectivity index (χ3n) is 4.74. The summed E-state index contributed by atoms with van der Waals surface area (Å²) in [5, 5.41) is 3.83. The third-order valence-corrected chi connectivity index (χ3v) is 5.54. The highest BCUT2D eigenvalue weighted by Crippen LogP contribution is 2.29. The van der Waals surface area contributed by atoms with Crippen molar-refractivity contribution in [1.29, 1.82) is 0 Å². The Labute approximate surface area is 184 Å². The van der Waals surface area contributed by atoms with E-state index in [-0.39, 0.29) is 34.4 Å². The molecule has 7 nitrogen and oxygen atoms in total. The molecule has 0 saturated carbocycles. The fraction of sp³-hybridized carbons (Fsp3) is 0.571. The van der Waals surface area contributed by atoms with E-state index < -0.39 is 23.3 Å². The molecule has 2 aromatic rings. The molecule has 10 heteroatoms. The number of amides is 1. The summed E-state index contributed by atoms with van der Waals surface area (Å²) in [5.74, 6) is -1.03. The molecular weight excluding hydrogens is 428 g/mol. The van der Waals surface area contributed by atoms with Crippen molar-refractivity contribution >= 4 is 17.9 Å². The first-order valence-electron chi connectivity index (χ1n) is 10.1. The van der Waals surface area contributed by atoms with Crippen molar-refractivity contribution in [1.82, 2.24) is 15.0 Å². The summed E-state index contributed by atoms with van der Waals surface area (Å²) in [6.45, 7) is 8.34. The van der Waals surface area contributed by atoms with E-state index in [9.17, 15) is 13.6 Å². The molecule has 0 aliphatic carbocycles. The van der Waals surface area contributed by atoms with Crippen molar-refractivity contribution in [3.63, 3.8) is 0 Å². The molecule has 1 saturated heterocycles. The number of halogens is 2. The Bertz CT molecular complexity index is 901. The van der Waals surface area contributed by atoms with Crippen molar-refractivity contribution in [2.75, 3.05) is 19.3 Å². The first-order chi connectivity index (χ1) is 14.6. The molecule has 1 atom stereocenters. The lowest BCUT2D eigenvalue weighted by Crippen LogP contribution is -2.43. The molecule has 0 radical (unpaired) electrons. The molecule has 170 valence electrons. The van der Waals surface area contributed by atoms with E-state index >= 15 is 0 Å². The van der Waals surface area contributed by atoms with Gasteiger partial charge in [0.2, 0.25) is 5.82 Å². The van der Waals surface area contributed by atoms with E-state index in [1.54, 1.807) is 18.1 Å². The average molecular weight is 456 g/mol. The van der Waals surface area contributed by atoms with E-state index in [0.717, 1.165) is 11.8 Å². The zero-order valence-corrected chi connectivity index (χ0v) is 19.1. The molecule has 2 heterocycles. The monoisotopic (exact) mass is 455 g/mol. The van der Waals surface area contributed by atoms with Gasteiger partial charge in [-0.05, 0) is 58.9 Å². The van der Waals surface area contributed by atoms with Gasteiger partial charge in [0.25, 0.3) is 5.89 Å². The van der Waals surface area contributed by atoms with Gasteiger partial charge < -0.3 is 18.9 Å². The maximum Gasteiger partial charge on any atom is 0.410 e. The number of piperidine rings is 1. The van der Waals surface area contributed by atoms with Gasteiger partial charge in [0, 0.05) is 18.7 Å². The lowest BCUT2D eigenvalue weighted by atomic mass is 10.1. The van der Waals surface area contributed by atoms with Gasteiger partial charge in [-0.25, -0.2) is 13.6 Å². The van der Waals surface area contributed by atoms with Crippen molar-refractivity contribution in [2.45, 2.75) is 63.2 Å². The van der Waals surface area contributed by atoms with Crippen LogP contribution in [0.5, 0.6) is 0 Å². The predicted octanol–water partition coefficient (Wildman–Crippen LogP) is 5.21. The average Bonchev–Trinajstić information content (AvgIpc) is 3.17. The number of likely N-dealkylation sites (tertiary alicyclic amines) is 1. The van der Waals surface area contributed by atoms with Gasteiger partial charge in [0.1, 0.15) is 23.3 Å². The maximum absolute atomic E-state index is 14.0. The van der Waals surface area contributed by atoms with Crippen LogP contribution in [0.2, 0.25) is 0 Å². The molecule has 1 aliphatic rings. The minimum absolute atomic E-state index is 0.0538. The first-order valence-corrected chi connectivity index (χ1v) is 11.3. The molecule has 31 heavy (non-hydrogen) atoms. The van der Waals surface area contributed by atoms with Crippen LogP contribution in [0, 0.1) is 11.6 Å². The number of aromatic nitrogens is 2. The largest absolute Gasteiger partial charge is 0.444 e. The highest BCUT2D eigenvalue weighted by atomic mass is 32.2. The normalized spacial score (nSPS) is 16.4. The van der Waals surface area contributed by atoms with Crippen LogP contribution in [0.25, 0.3) is 11.4 Å². The SMILES string of the molecule is CSc1c(F)cc(-c2noc(C(C)OC3CCN(C(=O)OC(C)(C)C)CC3)n2)cc1F. The van der Waals surface area contributed by atoms with E-state index in [1.165, 1.54) is 12.1 Å². The van der Waals surface area contributed by atoms with E-state index in [1.807, 2.05) is 20.8 Å². The predicted molar refractivity (Wildman–Crippen MR) is 112 cm³/mol. The van der Waals surface area contributed by atoms with Crippen LogP contribution in [0.15, 0.2) is 21.6 Å². The fourth-order valence-electron chi connectivity index (χ4n) is 3.25. The second-order valence-electron chi connectivity index (χ2n) is 8.37. The molecular formula is C21H27F2N3O4S. The van der Waals surface area contributed by atoms with Crippen LogP contribution < -0.4 is 0 Å². The zero-order chi connectivity index (χ0) is 22.8. The van der Waals surface area contributed by atoms with E-state index in [2.05, 4.69) is 10.1 Å². The summed E-state index contributed by atoms with van der Waals surface area (Å²) in [5.41, 5.74) is -0.337. The Morgan fingerprint density at radius 3 is 2.42 bits per heavy atom. The van der Waals surface area contributed by atoms with Crippen LogP contribution in [-0.2, 0) is 9.47 Å². The smallest absolute Gasteiger partial charge is 0.410 e. The van der Waals surface area contributed by atoms with Gasteiger partial charge in [-0.15, -0.1) is 11.8 Å². The first kappa shape index (κ1) is 23.5. The summed E-state index contributed by atoms with van der Waals surface area (Å²) >= 11 is 0.993. The van der Waals surface area contributed by atoms with E-state index in [0.29, 0.717) is 25.9 Å². The number of hydrogen-bond donors (Lipinski definition) is 0. The number of ether oxygens (including phenoxy) is 2. The van der Waals surface area contributed by atoms with Crippen LogP contribution >= 0.6 is 11.8 Å². The molecule has 0 spiro atoms. The minimum atomic E-state index is -0.671. The molecule has 1 aromatic heterocycles. The van der Waals surface area contributed by atoms with Crippen molar-refractivity contribution < 1.29 is 27.6 Å². The van der Waals surface area contributed by atoms with Gasteiger partial charge in [-0.1, -0.05) is 5.16 Å². The fourth-order valence-corrected chi connectivity index (χ4v) is 3.76. The summed E-state index contributed by atoms with van der Waals surface area (Å²) in [6, 6.07) is 2.36. The summed E-state index contributed by atoms with van der Waals surface area (Å²) in [7, 11) is 0. The quantitative estimate of drug-likeness (QED) is 0.573. The lowest BCUT2D eigenvalue weighted by molar-refractivity contribution is -0.0509. The number of benzene rings is 1. The van der Waals surface area contributed by atoms with Gasteiger partial charge in [0.05, 0.1) is 11.0 Å². The Kier molecular flexibility index (Phi) is 7.20. The summed E-state index contributed by atoms with van der Waals surface area (Å²) in [4.78, 5) is 18.0. The van der Waals surface area contributed by atoms with Crippen molar-refractivity contribution in [3.05, 3.63) is 29.7 Å². The summed E-state index contributed by atoms with van der Waals surface area (Å²) < 4.78 is 44.7. The molecule has 0 N–H and O–H groups in total. The Morgan fingerprint density at radius 2 is 1.87 bits per heavy atom. The van der Waals surface area contributed by atoms with Crippen molar-refractivity contribution in [3.8, 4) is 11.4 Å². The standard InChI is InChI=1S/C21H27F2N3O4S/c1-12(28-14-6-8-26(9-7-14)20(27)29-21(2,3)4)19-24-18(25-30-19)13-10-15(22)17(31-5)16(23)11-13/h10-12,14H,6-9H2,1-5H3. The number of nitrogens with zero attached hydrogens (tertiary/aromatic N) is 3.